The first kappa shape index (κ1) is 47.8. The first-order valence-corrected chi connectivity index (χ1v) is 21.1. The Morgan fingerprint density at radius 1 is 0.871 bits per heavy atom. The van der Waals surface area contributed by atoms with Crippen LogP contribution in [0.25, 0.3) is 10.4 Å². The molecule has 0 saturated carbocycles. The van der Waals surface area contributed by atoms with Crippen LogP contribution in [0.15, 0.2) is 70.9 Å². The highest BCUT2D eigenvalue weighted by Gasteiger charge is 2.33. The topological polar surface area (TPSA) is 183 Å². The molecule has 334 valence electrons. The molecule has 2 saturated heterocycles. The third kappa shape index (κ3) is 15.9. The molecule has 15 nitrogen and oxygen atoms in total. The lowest BCUT2D eigenvalue weighted by Gasteiger charge is -2.31. The Morgan fingerprint density at radius 2 is 1.60 bits per heavy atom. The molecule has 3 aromatic carbocycles. The Labute approximate surface area is 363 Å². The predicted molar refractivity (Wildman–Crippen MR) is 231 cm³/mol. The van der Waals surface area contributed by atoms with Crippen molar-refractivity contribution in [2.45, 2.75) is 51.2 Å². The molecular weight excluding hydrogens is 831 g/mol. The summed E-state index contributed by atoms with van der Waals surface area (Å²) in [7, 11) is 0. The number of likely N-dealkylation sites (tertiary alicyclic amines) is 1. The van der Waals surface area contributed by atoms with E-state index >= 15 is 0 Å². The van der Waals surface area contributed by atoms with Crippen molar-refractivity contribution >= 4 is 46.9 Å². The van der Waals surface area contributed by atoms with E-state index in [9.17, 15) is 27.6 Å². The molecule has 2 aliphatic rings. The van der Waals surface area contributed by atoms with Gasteiger partial charge in [-0.3, -0.25) is 19.3 Å². The summed E-state index contributed by atoms with van der Waals surface area (Å²) in [5, 5.41) is 12.7. The van der Waals surface area contributed by atoms with Gasteiger partial charge in [0.15, 0.2) is 0 Å². The smallest absolute Gasteiger partial charge is 0.379 e. The van der Waals surface area contributed by atoms with Crippen LogP contribution in [0.1, 0.15) is 75.9 Å². The lowest BCUT2D eigenvalue weighted by atomic mass is 9.93. The highest BCUT2D eigenvalue weighted by Crippen LogP contribution is 2.35. The van der Waals surface area contributed by atoms with Gasteiger partial charge in [-0.15, -0.1) is 0 Å². The van der Waals surface area contributed by atoms with Crippen LogP contribution < -0.4 is 21.0 Å². The molecule has 5 rings (SSSR count). The molecule has 0 aliphatic carbocycles. The standard InChI is InChI=1S/C43H53ClF3N9O6/c44-38-9-7-32(26-37(38)43(45,46)47)29-51-53-42(59)36-28-35(56-15-2-1-3-16-56)8-10-39(36)52-41(58)34-6-4-5-33(25-34)30-55-17-11-31(12-18-55)27-40(57)49-13-19-60-21-23-62-24-22-61-20-14-50-54-48/h4-10,25-26,28-29,31H,1-3,11-24,27,30H2,(H,49,57)(H,52,58)(H,53,59)/b51-29+. The molecule has 0 unspecified atom stereocenters. The highest BCUT2D eigenvalue weighted by molar-refractivity contribution is 6.31. The number of alkyl halides is 3. The summed E-state index contributed by atoms with van der Waals surface area (Å²) in [4.78, 5) is 46.9. The van der Waals surface area contributed by atoms with Crippen molar-refractivity contribution in [2.75, 3.05) is 89.1 Å². The fourth-order valence-electron chi connectivity index (χ4n) is 7.15. The molecule has 3 amide bonds. The van der Waals surface area contributed by atoms with Gasteiger partial charge in [0.1, 0.15) is 0 Å². The first-order valence-electron chi connectivity index (χ1n) is 20.7. The zero-order chi connectivity index (χ0) is 44.2. The van der Waals surface area contributed by atoms with Gasteiger partial charge in [0.25, 0.3) is 11.8 Å². The number of hydrogen-bond donors (Lipinski definition) is 3. The fraction of sp³-hybridized carbons (Fsp3) is 0.488. The number of hydrazone groups is 1. The largest absolute Gasteiger partial charge is 0.417 e. The Hall–Kier alpha value is -5.23. The molecule has 2 aliphatic heterocycles. The monoisotopic (exact) mass is 883 g/mol. The van der Waals surface area contributed by atoms with Crippen LogP contribution in [0.5, 0.6) is 0 Å². The number of ether oxygens (including phenoxy) is 3. The Balaban J connectivity index is 1.08. The van der Waals surface area contributed by atoms with Gasteiger partial charge in [-0.05, 0) is 110 Å². The van der Waals surface area contributed by atoms with Gasteiger partial charge in [-0.2, -0.15) is 18.3 Å². The second kappa shape index (κ2) is 25.0. The van der Waals surface area contributed by atoms with Crippen LogP contribution in [-0.4, -0.2) is 108 Å². The predicted octanol–water partition coefficient (Wildman–Crippen LogP) is 7.44. The minimum absolute atomic E-state index is 0.00436. The van der Waals surface area contributed by atoms with Gasteiger partial charge in [0.2, 0.25) is 5.91 Å². The summed E-state index contributed by atoms with van der Waals surface area (Å²) >= 11 is 5.74. The number of halogens is 4. The molecule has 3 N–H and O–H groups in total. The average molecular weight is 884 g/mol. The van der Waals surface area contributed by atoms with Crippen molar-refractivity contribution in [3.63, 3.8) is 0 Å². The summed E-state index contributed by atoms with van der Waals surface area (Å²) < 4.78 is 56.3. The van der Waals surface area contributed by atoms with Crippen molar-refractivity contribution in [1.29, 1.82) is 0 Å². The van der Waals surface area contributed by atoms with E-state index in [1.807, 2.05) is 24.3 Å². The number of rotatable bonds is 22. The maximum absolute atomic E-state index is 13.7. The van der Waals surface area contributed by atoms with Gasteiger partial charge >= 0.3 is 6.18 Å². The van der Waals surface area contributed by atoms with E-state index in [2.05, 4.69) is 41.0 Å². The third-order valence-corrected chi connectivity index (χ3v) is 10.7. The van der Waals surface area contributed by atoms with E-state index in [1.54, 1.807) is 18.2 Å². The molecule has 0 spiro atoms. The Kier molecular flexibility index (Phi) is 19.3. The van der Waals surface area contributed by atoms with Crippen molar-refractivity contribution in [3.05, 3.63) is 104 Å². The number of nitrogens with zero attached hydrogens (tertiary/aromatic N) is 6. The summed E-state index contributed by atoms with van der Waals surface area (Å²) in [5.41, 5.74) is 12.2. The summed E-state index contributed by atoms with van der Waals surface area (Å²) in [6.45, 7) is 6.95. The number of azide groups is 1. The van der Waals surface area contributed by atoms with Gasteiger partial charge in [0, 0.05) is 55.3 Å². The van der Waals surface area contributed by atoms with Crippen molar-refractivity contribution in [2.24, 2.45) is 16.1 Å². The lowest BCUT2D eigenvalue weighted by molar-refractivity contribution is -0.137. The molecule has 0 radical (unpaired) electrons. The van der Waals surface area contributed by atoms with E-state index in [-0.39, 0.29) is 35.2 Å². The number of hydrogen-bond acceptors (Lipinski definition) is 10. The van der Waals surface area contributed by atoms with Crippen molar-refractivity contribution < 1.29 is 41.8 Å². The number of anilines is 2. The Bertz CT molecular complexity index is 2020. The quantitative estimate of drug-likeness (QED) is 0.0232. The minimum Gasteiger partial charge on any atom is -0.379 e. The number of carbonyl (C=O) groups excluding carboxylic acids is 3. The molecule has 0 aromatic heterocycles. The Morgan fingerprint density at radius 3 is 2.32 bits per heavy atom. The summed E-state index contributed by atoms with van der Waals surface area (Å²) in [6.07, 6.45) is 1.76. The van der Waals surface area contributed by atoms with Crippen LogP contribution in [0.4, 0.5) is 24.5 Å². The molecular formula is C43H53ClF3N9O6. The maximum Gasteiger partial charge on any atom is 0.417 e. The van der Waals surface area contributed by atoms with Crippen LogP contribution in [0.3, 0.4) is 0 Å². The number of piperidine rings is 2. The molecule has 19 heteroatoms. The molecule has 3 aromatic rings. The molecule has 2 fully saturated rings. The van der Waals surface area contributed by atoms with E-state index < -0.39 is 28.6 Å². The normalized spacial score (nSPS) is 15.0. The second-order valence-electron chi connectivity index (χ2n) is 14.9. The molecule has 0 bridgehead atoms. The van der Waals surface area contributed by atoms with Crippen LogP contribution >= 0.6 is 11.6 Å². The lowest BCUT2D eigenvalue weighted by Crippen LogP contribution is -2.36. The van der Waals surface area contributed by atoms with Crippen LogP contribution in [0, 0.1) is 5.92 Å². The SMILES string of the molecule is [N-]=[N+]=NCCOCCOCCOCCNC(=O)CC1CCN(Cc2cccc(C(=O)Nc3ccc(N4CCCCC4)cc3C(=O)N/N=C/c3ccc(Cl)c(C(F)(F)F)c3)c2)CC1. The minimum atomic E-state index is -4.66. The fourth-order valence-corrected chi connectivity index (χ4v) is 7.37. The number of amides is 3. The van der Waals surface area contributed by atoms with Crippen molar-refractivity contribution in [3.8, 4) is 0 Å². The zero-order valence-corrected chi connectivity index (χ0v) is 35.3. The third-order valence-electron chi connectivity index (χ3n) is 10.4. The summed E-state index contributed by atoms with van der Waals surface area (Å²) in [5.74, 6) is -0.803. The number of carbonyl (C=O) groups is 3. The van der Waals surface area contributed by atoms with E-state index in [0.717, 1.165) is 87.9 Å². The molecule has 0 atom stereocenters. The maximum atomic E-state index is 13.7. The van der Waals surface area contributed by atoms with E-state index in [0.29, 0.717) is 64.7 Å². The van der Waals surface area contributed by atoms with Gasteiger partial charge in [-0.1, -0.05) is 34.9 Å². The molecule has 62 heavy (non-hydrogen) atoms. The van der Waals surface area contributed by atoms with Crippen LogP contribution in [-0.2, 0) is 31.7 Å². The van der Waals surface area contributed by atoms with Crippen LogP contribution in [0.2, 0.25) is 5.02 Å². The highest BCUT2D eigenvalue weighted by atomic mass is 35.5. The van der Waals surface area contributed by atoms with Gasteiger partial charge in [0.05, 0.1) is 67.7 Å². The summed E-state index contributed by atoms with van der Waals surface area (Å²) in [6, 6.07) is 15.8. The second-order valence-corrected chi connectivity index (χ2v) is 15.3. The van der Waals surface area contributed by atoms with E-state index in [4.69, 9.17) is 31.3 Å². The average Bonchev–Trinajstić information content (AvgIpc) is 3.26. The van der Waals surface area contributed by atoms with Gasteiger partial charge < -0.3 is 29.7 Å². The first-order chi connectivity index (χ1) is 30.0. The van der Waals surface area contributed by atoms with Crippen molar-refractivity contribution in [1.82, 2.24) is 15.6 Å². The molecule has 2 heterocycles. The van der Waals surface area contributed by atoms with E-state index in [1.165, 1.54) is 6.07 Å². The number of nitrogens with one attached hydrogen (secondary N) is 3. The van der Waals surface area contributed by atoms with Gasteiger partial charge in [-0.25, -0.2) is 5.43 Å². The number of benzene rings is 3. The zero-order valence-electron chi connectivity index (χ0n) is 34.5.